The Balaban J connectivity index is 1.60. The molecule has 0 radical (unpaired) electrons. The predicted molar refractivity (Wildman–Crippen MR) is 209 cm³/mol. The monoisotopic (exact) mass is 736 g/mol. The van der Waals surface area contributed by atoms with E-state index in [4.69, 9.17) is 16.6 Å². The summed E-state index contributed by atoms with van der Waals surface area (Å²) in [6.07, 6.45) is 2.62. The fraction of sp³-hybridized carbons (Fsp3) is 0.405. The summed E-state index contributed by atoms with van der Waals surface area (Å²) < 4.78 is 1.90. The van der Waals surface area contributed by atoms with E-state index in [1.165, 1.54) is 4.90 Å². The lowest BCUT2D eigenvalue weighted by Gasteiger charge is -2.41. The lowest BCUT2D eigenvalue weighted by Crippen LogP contribution is -2.47. The Kier molecular flexibility index (Phi) is 11.7. The van der Waals surface area contributed by atoms with E-state index >= 15 is 0 Å². The summed E-state index contributed by atoms with van der Waals surface area (Å²) in [5.41, 5.74) is 2.86. The molecule has 3 aromatic carbocycles. The molecule has 1 aromatic heterocycles. The number of fused-ring (bicyclic) bond motifs is 1. The van der Waals surface area contributed by atoms with Crippen LogP contribution in [-0.2, 0) is 17.8 Å². The van der Waals surface area contributed by atoms with Crippen molar-refractivity contribution in [1.29, 1.82) is 5.26 Å². The van der Waals surface area contributed by atoms with Crippen LogP contribution in [0.5, 0.6) is 0 Å². The molecule has 2 heterocycles. The van der Waals surface area contributed by atoms with E-state index in [0.717, 1.165) is 23.1 Å². The van der Waals surface area contributed by atoms with E-state index < -0.39 is 12.1 Å². The fourth-order valence-corrected chi connectivity index (χ4v) is 6.97. The molecule has 11 heteroatoms. The van der Waals surface area contributed by atoms with Crippen molar-refractivity contribution in [3.8, 4) is 6.07 Å². The molecule has 0 aliphatic carbocycles. The molecule has 3 atom stereocenters. The minimum Gasteiger partial charge on any atom is -0.465 e. The number of carbonyl (C=O) groups is 3. The van der Waals surface area contributed by atoms with Crippen molar-refractivity contribution < 1.29 is 19.5 Å². The van der Waals surface area contributed by atoms with Gasteiger partial charge in [-0.05, 0) is 84.5 Å². The van der Waals surface area contributed by atoms with E-state index in [1.807, 2.05) is 102 Å². The molecule has 2 unspecified atom stereocenters. The number of nitrogens with zero attached hydrogens (tertiary/aromatic N) is 5. The fourth-order valence-electron chi connectivity index (χ4n) is 6.84. The van der Waals surface area contributed by atoms with E-state index in [2.05, 4.69) is 11.4 Å². The second kappa shape index (κ2) is 15.8. The Morgan fingerprint density at radius 3 is 2.34 bits per heavy atom. The quantitative estimate of drug-likeness (QED) is 0.123. The average Bonchev–Trinajstić information content (AvgIpc) is 3.70. The highest BCUT2D eigenvalue weighted by Gasteiger charge is 2.37. The molecule has 5 rings (SSSR count). The highest BCUT2D eigenvalue weighted by atomic mass is 35.5. The van der Waals surface area contributed by atoms with Crippen molar-refractivity contribution in [1.82, 2.24) is 19.4 Å². The molecule has 0 bridgehead atoms. The SMILES string of the molecule is C[C@H](N(C(=O)O)C(Cc1ccccc1)c1ccc2c(c1)nc(NC(=O)c1ccc(Cl)cc1)n2CC1CCCN1C(=O)C(C#N)=CC(C)(C)C)C(C)(C)C. The highest BCUT2D eigenvalue weighted by Crippen LogP contribution is 2.36. The molecular formula is C42H49ClN6O4. The van der Waals surface area contributed by atoms with E-state index in [9.17, 15) is 24.8 Å². The number of halogens is 1. The largest absolute Gasteiger partial charge is 0.465 e. The summed E-state index contributed by atoms with van der Waals surface area (Å²) in [6, 6.07) is 23.1. The first-order chi connectivity index (χ1) is 25.0. The lowest BCUT2D eigenvalue weighted by molar-refractivity contribution is -0.127. The third kappa shape index (κ3) is 9.27. The number of carboxylic acid groups (broad SMARTS) is 1. The second-order valence-electron chi connectivity index (χ2n) is 16.0. The van der Waals surface area contributed by atoms with Gasteiger partial charge in [-0.15, -0.1) is 0 Å². The Hall–Kier alpha value is -5.14. The van der Waals surface area contributed by atoms with Crippen LogP contribution in [-0.4, -0.2) is 61.0 Å². The van der Waals surface area contributed by atoms with Crippen LogP contribution in [0.15, 0.2) is 84.4 Å². The van der Waals surface area contributed by atoms with Crippen molar-refractivity contribution in [3.05, 3.63) is 106 Å². The molecule has 0 spiro atoms. The Labute approximate surface area is 317 Å². The highest BCUT2D eigenvalue weighted by molar-refractivity contribution is 6.30. The van der Waals surface area contributed by atoms with Gasteiger partial charge in [0.15, 0.2) is 0 Å². The van der Waals surface area contributed by atoms with Gasteiger partial charge in [-0.2, -0.15) is 5.26 Å². The lowest BCUT2D eigenvalue weighted by atomic mass is 9.84. The summed E-state index contributed by atoms with van der Waals surface area (Å²) >= 11 is 6.09. The van der Waals surface area contributed by atoms with Crippen LogP contribution in [0.3, 0.4) is 0 Å². The maximum absolute atomic E-state index is 13.7. The standard InChI is InChI=1S/C42H49ClN6O4/c1-27(42(5,6)7)49(40(52)53)36(22-28-12-9-8-10-13-28)30-17-20-35-34(23-30)45-39(46-37(50)29-15-18-32(43)19-16-29)48(35)26-33-14-11-21-47(33)38(51)31(25-44)24-41(2,3)4/h8-10,12-13,15-20,23-24,27,33,36H,11,14,21-22,26H2,1-7H3,(H,52,53)(H,45,46,50)/t27-,33?,36?/m0/s1. The molecule has 4 aromatic rings. The molecule has 2 N–H and O–H groups in total. The number of nitriles is 1. The molecule has 1 aliphatic heterocycles. The first-order valence-electron chi connectivity index (χ1n) is 18.0. The molecule has 1 aliphatic rings. The Bertz CT molecular complexity index is 2040. The van der Waals surface area contributed by atoms with E-state index in [1.54, 1.807) is 35.2 Å². The summed E-state index contributed by atoms with van der Waals surface area (Å²) in [4.78, 5) is 48.5. The Morgan fingerprint density at radius 2 is 1.74 bits per heavy atom. The van der Waals surface area contributed by atoms with Gasteiger partial charge in [0, 0.05) is 29.7 Å². The van der Waals surface area contributed by atoms with Gasteiger partial charge >= 0.3 is 6.09 Å². The van der Waals surface area contributed by atoms with Crippen LogP contribution in [0.4, 0.5) is 10.7 Å². The maximum atomic E-state index is 13.7. The molecule has 1 saturated heterocycles. The number of nitrogens with one attached hydrogen (secondary N) is 1. The minimum atomic E-state index is -1.02. The molecule has 278 valence electrons. The predicted octanol–water partition coefficient (Wildman–Crippen LogP) is 9.13. The zero-order valence-corrected chi connectivity index (χ0v) is 32.3. The van der Waals surface area contributed by atoms with Crippen LogP contribution in [0, 0.1) is 22.2 Å². The van der Waals surface area contributed by atoms with E-state index in [0.29, 0.717) is 48.0 Å². The van der Waals surface area contributed by atoms with Crippen LogP contribution in [0.25, 0.3) is 11.0 Å². The average molecular weight is 737 g/mol. The first-order valence-corrected chi connectivity index (χ1v) is 18.4. The number of carbonyl (C=O) groups excluding carboxylic acids is 2. The molecule has 1 fully saturated rings. The number of aromatic nitrogens is 2. The van der Waals surface area contributed by atoms with Gasteiger partial charge in [-0.1, -0.05) is 95.6 Å². The van der Waals surface area contributed by atoms with Gasteiger partial charge in [-0.25, -0.2) is 9.78 Å². The summed E-state index contributed by atoms with van der Waals surface area (Å²) in [6.45, 7) is 14.7. The topological polar surface area (TPSA) is 132 Å². The number of likely N-dealkylation sites (tertiary alicyclic amines) is 1. The zero-order chi connectivity index (χ0) is 38.7. The molecule has 53 heavy (non-hydrogen) atoms. The smallest absolute Gasteiger partial charge is 0.408 e. The molecule has 3 amide bonds. The van der Waals surface area contributed by atoms with Gasteiger partial charge in [0.2, 0.25) is 5.95 Å². The van der Waals surface area contributed by atoms with Gasteiger partial charge in [0.1, 0.15) is 11.6 Å². The number of hydrogen-bond donors (Lipinski definition) is 2. The molecule has 0 saturated carbocycles. The Morgan fingerprint density at radius 1 is 1.06 bits per heavy atom. The van der Waals surface area contributed by atoms with Crippen molar-refractivity contribution in [3.63, 3.8) is 0 Å². The number of allylic oxidation sites excluding steroid dienone is 1. The first kappa shape index (κ1) is 39.1. The van der Waals surface area contributed by atoms with Crippen molar-refractivity contribution >= 4 is 46.5 Å². The summed E-state index contributed by atoms with van der Waals surface area (Å²) in [5.74, 6) is -0.399. The van der Waals surface area contributed by atoms with Gasteiger partial charge < -0.3 is 14.6 Å². The third-order valence-corrected chi connectivity index (χ3v) is 10.2. The minimum absolute atomic E-state index is 0.109. The number of hydrogen-bond acceptors (Lipinski definition) is 5. The maximum Gasteiger partial charge on any atom is 0.408 e. The normalized spacial score (nSPS) is 16.2. The van der Waals surface area contributed by atoms with Gasteiger partial charge in [0.05, 0.1) is 23.1 Å². The molecular weight excluding hydrogens is 688 g/mol. The van der Waals surface area contributed by atoms with Crippen LogP contribution in [0.1, 0.15) is 88.8 Å². The van der Waals surface area contributed by atoms with Crippen LogP contribution >= 0.6 is 11.6 Å². The van der Waals surface area contributed by atoms with Crippen molar-refractivity contribution in [2.75, 3.05) is 11.9 Å². The zero-order valence-electron chi connectivity index (χ0n) is 31.6. The number of benzene rings is 3. The van der Waals surface area contributed by atoms with Crippen molar-refractivity contribution in [2.24, 2.45) is 10.8 Å². The molecule has 10 nitrogen and oxygen atoms in total. The third-order valence-electron chi connectivity index (χ3n) is 9.95. The number of imidazole rings is 1. The van der Waals surface area contributed by atoms with Crippen LogP contribution in [0.2, 0.25) is 5.02 Å². The van der Waals surface area contributed by atoms with E-state index in [-0.39, 0.29) is 40.3 Å². The van der Waals surface area contributed by atoms with Gasteiger partial charge in [0.25, 0.3) is 11.8 Å². The number of amides is 3. The van der Waals surface area contributed by atoms with Crippen molar-refractivity contribution in [2.45, 2.75) is 92.4 Å². The van der Waals surface area contributed by atoms with Crippen LogP contribution < -0.4 is 5.32 Å². The number of rotatable bonds is 10. The number of anilines is 1. The second-order valence-corrected chi connectivity index (χ2v) is 16.5. The van der Waals surface area contributed by atoms with Gasteiger partial charge in [-0.3, -0.25) is 19.8 Å². The summed E-state index contributed by atoms with van der Waals surface area (Å²) in [7, 11) is 0. The summed E-state index contributed by atoms with van der Waals surface area (Å²) in [5, 5.41) is 24.0.